The van der Waals surface area contributed by atoms with Gasteiger partial charge in [-0.15, -0.1) is 0 Å². The fourth-order valence-electron chi connectivity index (χ4n) is 3.17. The number of esters is 1. The lowest BCUT2D eigenvalue weighted by Gasteiger charge is -2.30. The molecule has 0 aliphatic carbocycles. The highest BCUT2D eigenvalue weighted by molar-refractivity contribution is 5.88. The van der Waals surface area contributed by atoms with Gasteiger partial charge in [0, 0.05) is 12.6 Å². The van der Waals surface area contributed by atoms with E-state index in [2.05, 4.69) is 10.8 Å². The van der Waals surface area contributed by atoms with Crippen LogP contribution in [0.2, 0.25) is 0 Å². The highest BCUT2D eigenvalue weighted by atomic mass is 16.7. The van der Waals surface area contributed by atoms with Crippen molar-refractivity contribution in [2.24, 2.45) is 0 Å². The van der Waals surface area contributed by atoms with Crippen LogP contribution in [0.3, 0.4) is 0 Å². The second-order valence-electron chi connectivity index (χ2n) is 6.30. The molecule has 25 heavy (non-hydrogen) atoms. The van der Waals surface area contributed by atoms with Crippen molar-refractivity contribution in [3.8, 4) is 0 Å². The van der Waals surface area contributed by atoms with Gasteiger partial charge in [-0.05, 0) is 32.7 Å². The molecule has 3 atom stereocenters. The second kappa shape index (κ2) is 7.98. The van der Waals surface area contributed by atoms with Gasteiger partial charge in [-0.1, -0.05) is 0 Å². The third-order valence-electron chi connectivity index (χ3n) is 4.64. The SMILES string of the molecule is CCOC(=O)CON1C(=O)N2C[C@H]1CC[C@H]2C(=O)NOC[C@@H]1CCN1. The first-order valence-electron chi connectivity index (χ1n) is 8.63. The van der Waals surface area contributed by atoms with Gasteiger partial charge in [0.05, 0.1) is 19.3 Å². The summed E-state index contributed by atoms with van der Waals surface area (Å²) in [7, 11) is 0. The Labute approximate surface area is 145 Å². The van der Waals surface area contributed by atoms with E-state index in [4.69, 9.17) is 14.4 Å². The summed E-state index contributed by atoms with van der Waals surface area (Å²) in [6, 6.07) is -0.885. The molecule has 0 unspecified atom stereocenters. The number of nitrogens with one attached hydrogen (secondary N) is 2. The van der Waals surface area contributed by atoms with E-state index in [1.807, 2.05) is 0 Å². The van der Waals surface area contributed by atoms with Crippen LogP contribution in [0.5, 0.6) is 0 Å². The number of rotatable bonds is 8. The Bertz CT molecular complexity index is 526. The molecule has 0 spiro atoms. The van der Waals surface area contributed by atoms with Gasteiger partial charge in [0.25, 0.3) is 5.91 Å². The second-order valence-corrected chi connectivity index (χ2v) is 6.30. The Balaban J connectivity index is 1.48. The number of fused-ring (bicyclic) bond motifs is 2. The minimum Gasteiger partial charge on any atom is -0.464 e. The maximum Gasteiger partial charge on any atom is 0.345 e. The molecule has 3 fully saturated rings. The first-order chi connectivity index (χ1) is 12.1. The van der Waals surface area contributed by atoms with Gasteiger partial charge in [-0.3, -0.25) is 14.5 Å². The van der Waals surface area contributed by atoms with E-state index >= 15 is 0 Å². The number of ether oxygens (including phenoxy) is 1. The van der Waals surface area contributed by atoms with Crippen LogP contribution in [0.15, 0.2) is 0 Å². The summed E-state index contributed by atoms with van der Waals surface area (Å²) in [6.07, 6.45) is 2.16. The summed E-state index contributed by atoms with van der Waals surface area (Å²) in [5.41, 5.74) is 2.43. The average Bonchev–Trinajstić information content (AvgIpc) is 2.79. The van der Waals surface area contributed by atoms with Crippen LogP contribution in [0.1, 0.15) is 26.2 Å². The molecule has 2 N–H and O–H groups in total. The van der Waals surface area contributed by atoms with Crippen LogP contribution in [-0.2, 0) is 24.0 Å². The number of hydrogen-bond donors (Lipinski definition) is 2. The van der Waals surface area contributed by atoms with Crippen LogP contribution < -0.4 is 10.8 Å². The van der Waals surface area contributed by atoms with Crippen LogP contribution in [0.25, 0.3) is 0 Å². The molecule has 3 aliphatic rings. The molecule has 140 valence electrons. The monoisotopic (exact) mass is 356 g/mol. The normalized spacial score (nSPS) is 27.9. The Morgan fingerprint density at radius 3 is 2.80 bits per heavy atom. The minimum absolute atomic E-state index is 0.161. The summed E-state index contributed by atoms with van der Waals surface area (Å²) in [5, 5.41) is 4.35. The fourth-order valence-corrected chi connectivity index (χ4v) is 3.17. The summed E-state index contributed by atoms with van der Waals surface area (Å²) < 4.78 is 4.78. The van der Waals surface area contributed by atoms with Gasteiger partial charge < -0.3 is 15.0 Å². The highest BCUT2D eigenvalue weighted by Crippen LogP contribution is 2.30. The molecule has 0 aromatic rings. The maximum atomic E-state index is 12.5. The minimum atomic E-state index is -0.589. The summed E-state index contributed by atoms with van der Waals surface area (Å²) >= 11 is 0. The van der Waals surface area contributed by atoms with E-state index in [-0.39, 0.29) is 31.2 Å². The van der Waals surface area contributed by atoms with Crippen molar-refractivity contribution < 1.29 is 28.8 Å². The van der Waals surface area contributed by atoms with Gasteiger partial charge in [-0.2, -0.15) is 5.06 Å². The topological polar surface area (TPSA) is 109 Å². The molecule has 3 amide bonds. The van der Waals surface area contributed by atoms with Gasteiger partial charge in [0.15, 0.2) is 6.61 Å². The Morgan fingerprint density at radius 1 is 1.32 bits per heavy atom. The van der Waals surface area contributed by atoms with Gasteiger partial charge >= 0.3 is 12.0 Å². The average molecular weight is 356 g/mol. The van der Waals surface area contributed by atoms with Crippen molar-refractivity contribution in [2.75, 3.05) is 32.9 Å². The molecule has 10 heteroatoms. The van der Waals surface area contributed by atoms with Crippen molar-refractivity contribution in [3.05, 3.63) is 0 Å². The molecule has 0 radical (unpaired) electrons. The van der Waals surface area contributed by atoms with Crippen molar-refractivity contribution in [1.29, 1.82) is 0 Å². The predicted molar refractivity (Wildman–Crippen MR) is 83.8 cm³/mol. The molecule has 3 heterocycles. The number of nitrogens with zero attached hydrogens (tertiary/aromatic N) is 2. The predicted octanol–water partition coefficient (Wildman–Crippen LogP) is -0.841. The van der Waals surface area contributed by atoms with Gasteiger partial charge in [0.1, 0.15) is 6.04 Å². The number of carbonyl (C=O) groups excluding carboxylic acids is 3. The van der Waals surface area contributed by atoms with Crippen LogP contribution >= 0.6 is 0 Å². The molecule has 0 aromatic heterocycles. The molecule has 10 nitrogen and oxygen atoms in total. The van der Waals surface area contributed by atoms with Crippen LogP contribution in [0, 0.1) is 0 Å². The van der Waals surface area contributed by atoms with Crippen molar-refractivity contribution in [3.63, 3.8) is 0 Å². The van der Waals surface area contributed by atoms with E-state index in [0.717, 1.165) is 13.0 Å². The highest BCUT2D eigenvalue weighted by Gasteiger charge is 2.48. The number of hydroxylamine groups is 3. The third-order valence-corrected chi connectivity index (χ3v) is 4.64. The van der Waals surface area contributed by atoms with Crippen molar-refractivity contribution in [1.82, 2.24) is 20.8 Å². The largest absolute Gasteiger partial charge is 0.464 e. The van der Waals surface area contributed by atoms with Gasteiger partial charge in [0.2, 0.25) is 0 Å². The van der Waals surface area contributed by atoms with E-state index in [1.54, 1.807) is 6.92 Å². The van der Waals surface area contributed by atoms with E-state index in [0.29, 0.717) is 26.0 Å². The van der Waals surface area contributed by atoms with Crippen LogP contribution in [0.4, 0.5) is 4.79 Å². The number of amides is 3. The Hall–Kier alpha value is -1.91. The molecule has 3 saturated heterocycles. The van der Waals surface area contributed by atoms with E-state index < -0.39 is 18.0 Å². The summed E-state index contributed by atoms with van der Waals surface area (Å²) in [4.78, 5) is 48.1. The number of hydrogen-bond acceptors (Lipinski definition) is 7. The number of urea groups is 1. The Morgan fingerprint density at radius 2 is 2.12 bits per heavy atom. The molecule has 3 rings (SSSR count). The quantitative estimate of drug-likeness (QED) is 0.431. The lowest BCUT2D eigenvalue weighted by atomic mass is 10.0. The summed E-state index contributed by atoms with van der Waals surface area (Å²) in [5.74, 6) is -0.864. The smallest absolute Gasteiger partial charge is 0.345 e. The zero-order chi connectivity index (χ0) is 17.8. The van der Waals surface area contributed by atoms with Gasteiger partial charge in [-0.25, -0.2) is 15.1 Å². The van der Waals surface area contributed by atoms with Crippen LogP contribution in [-0.4, -0.2) is 78.9 Å². The molecule has 3 aliphatic heterocycles. The molecular weight excluding hydrogens is 332 g/mol. The number of piperidine rings is 1. The maximum absolute atomic E-state index is 12.5. The standard InChI is InChI=1S/C15H24N4O6/c1-2-23-13(20)9-25-19-11-3-4-12(18(7-11)15(19)22)14(21)17-24-8-10-5-6-16-10/h10-12,16H,2-9H2,1H3,(H,17,21)/t10-,11+,12-/m0/s1. The Kier molecular flexibility index (Phi) is 5.71. The number of carbonyl (C=O) groups is 3. The van der Waals surface area contributed by atoms with Crippen molar-refractivity contribution in [2.45, 2.75) is 44.3 Å². The third kappa shape index (κ3) is 4.02. The molecule has 0 saturated carbocycles. The first kappa shape index (κ1) is 17.9. The fraction of sp³-hybridized carbons (Fsp3) is 0.800. The lowest BCUT2D eigenvalue weighted by Crippen LogP contribution is -2.51. The first-order valence-corrected chi connectivity index (χ1v) is 8.63. The van der Waals surface area contributed by atoms with E-state index in [9.17, 15) is 14.4 Å². The molecular formula is C15H24N4O6. The zero-order valence-corrected chi connectivity index (χ0v) is 14.2. The zero-order valence-electron chi connectivity index (χ0n) is 14.2. The molecule has 0 aromatic carbocycles. The summed E-state index contributed by atoms with van der Waals surface area (Å²) in [6.45, 7) is 3.40. The lowest BCUT2D eigenvalue weighted by molar-refractivity contribution is -0.172. The van der Waals surface area contributed by atoms with E-state index in [1.165, 1.54) is 9.96 Å². The van der Waals surface area contributed by atoms with Crippen molar-refractivity contribution >= 4 is 17.9 Å². The molecule has 2 bridgehead atoms.